The quantitative estimate of drug-likeness (QED) is 0.815. The highest BCUT2D eigenvalue weighted by atomic mass is 16.4. The smallest absolute Gasteiger partial charge is 0.303 e. The number of rotatable bonds is 2. The minimum absolute atomic E-state index is 0.0546. The van der Waals surface area contributed by atoms with E-state index in [2.05, 4.69) is 25.2 Å². The highest BCUT2D eigenvalue weighted by molar-refractivity contribution is 5.89. The van der Waals surface area contributed by atoms with Crippen LogP contribution in [0.2, 0.25) is 0 Å². The Morgan fingerprint density at radius 1 is 1.21 bits per heavy atom. The summed E-state index contributed by atoms with van der Waals surface area (Å²) in [6.07, 6.45) is 11.1. The molecule has 1 amide bonds. The van der Waals surface area contributed by atoms with Crippen molar-refractivity contribution in [3.05, 3.63) is 12.2 Å². The summed E-state index contributed by atoms with van der Waals surface area (Å²) in [6, 6.07) is 0.275. The first-order valence-corrected chi connectivity index (χ1v) is 9.56. The van der Waals surface area contributed by atoms with Gasteiger partial charge in [0.1, 0.15) is 0 Å². The molecular weight excluding hydrogens is 302 g/mol. The van der Waals surface area contributed by atoms with Gasteiger partial charge in [0.2, 0.25) is 5.91 Å². The Labute approximate surface area is 144 Å². The van der Waals surface area contributed by atoms with Gasteiger partial charge >= 0.3 is 5.97 Å². The van der Waals surface area contributed by atoms with Crippen molar-refractivity contribution in [3.63, 3.8) is 0 Å². The summed E-state index contributed by atoms with van der Waals surface area (Å²) in [5.41, 5.74) is 0.271. The monoisotopic (exact) mass is 331 g/mol. The minimum atomic E-state index is -0.641. The van der Waals surface area contributed by atoms with E-state index in [0.29, 0.717) is 30.1 Å². The summed E-state index contributed by atoms with van der Waals surface area (Å²) < 4.78 is 0. The van der Waals surface area contributed by atoms with Crippen molar-refractivity contribution >= 4 is 11.9 Å². The molecule has 24 heavy (non-hydrogen) atoms. The van der Waals surface area contributed by atoms with Crippen LogP contribution in [-0.2, 0) is 9.59 Å². The fourth-order valence-corrected chi connectivity index (χ4v) is 6.99. The zero-order valence-electron chi connectivity index (χ0n) is 14.8. The predicted molar refractivity (Wildman–Crippen MR) is 91.2 cm³/mol. The molecule has 1 heterocycles. The standard InChI is InChI=1S/C20H29NO3/c1-19-9-7-15-13(14(19)5-3-12(19)11-18(23)24)4-6-16-20(15,2)10-8-17(22)21-16/h8,10,12-16H,3-7,9,11H2,1-2H3,(H,21,22)(H,23,24)/t12-,13+,14+,15+,16-,19-,20-/m1/s1. The molecule has 4 aliphatic rings. The van der Waals surface area contributed by atoms with Crippen molar-refractivity contribution in [2.45, 2.75) is 64.8 Å². The van der Waals surface area contributed by atoms with Crippen LogP contribution in [0.3, 0.4) is 0 Å². The lowest BCUT2D eigenvalue weighted by Gasteiger charge is -2.58. The number of amides is 1. The summed E-state index contributed by atoms with van der Waals surface area (Å²) in [4.78, 5) is 23.0. The van der Waals surface area contributed by atoms with E-state index >= 15 is 0 Å². The molecule has 132 valence electrons. The molecule has 2 N–H and O–H groups in total. The van der Waals surface area contributed by atoms with E-state index in [-0.39, 0.29) is 22.8 Å². The van der Waals surface area contributed by atoms with Gasteiger partial charge < -0.3 is 10.4 Å². The van der Waals surface area contributed by atoms with Crippen LogP contribution in [0.5, 0.6) is 0 Å². The summed E-state index contributed by atoms with van der Waals surface area (Å²) in [6.45, 7) is 4.69. The summed E-state index contributed by atoms with van der Waals surface area (Å²) in [7, 11) is 0. The number of carbonyl (C=O) groups excluding carboxylic acids is 1. The van der Waals surface area contributed by atoms with Crippen LogP contribution in [-0.4, -0.2) is 23.0 Å². The predicted octanol–water partition coefficient (Wildman–Crippen LogP) is 3.37. The van der Waals surface area contributed by atoms with Crippen LogP contribution in [0.1, 0.15) is 58.8 Å². The van der Waals surface area contributed by atoms with Gasteiger partial charge in [-0.15, -0.1) is 0 Å². The third-order valence-electron chi connectivity index (χ3n) is 8.30. The largest absolute Gasteiger partial charge is 0.481 e. The maximum absolute atomic E-state index is 11.7. The zero-order valence-corrected chi connectivity index (χ0v) is 14.8. The van der Waals surface area contributed by atoms with Crippen molar-refractivity contribution in [2.75, 3.05) is 0 Å². The van der Waals surface area contributed by atoms with Crippen LogP contribution in [0.4, 0.5) is 0 Å². The molecule has 0 saturated heterocycles. The molecule has 0 aromatic heterocycles. The number of carboxylic acid groups (broad SMARTS) is 1. The molecule has 4 rings (SSSR count). The third kappa shape index (κ3) is 2.18. The first-order valence-electron chi connectivity index (χ1n) is 9.56. The maximum atomic E-state index is 11.7. The van der Waals surface area contributed by atoms with Gasteiger partial charge in [-0.05, 0) is 73.7 Å². The van der Waals surface area contributed by atoms with Crippen molar-refractivity contribution in [1.82, 2.24) is 5.32 Å². The van der Waals surface area contributed by atoms with E-state index in [1.165, 1.54) is 19.3 Å². The van der Waals surface area contributed by atoms with Crippen LogP contribution in [0, 0.1) is 34.5 Å². The maximum Gasteiger partial charge on any atom is 0.303 e. The average molecular weight is 331 g/mol. The van der Waals surface area contributed by atoms with Crippen LogP contribution >= 0.6 is 0 Å². The van der Waals surface area contributed by atoms with Crippen molar-refractivity contribution < 1.29 is 14.7 Å². The highest BCUT2D eigenvalue weighted by Crippen LogP contribution is 2.65. The molecule has 0 spiro atoms. The van der Waals surface area contributed by atoms with E-state index in [1.807, 2.05) is 0 Å². The number of hydrogen-bond donors (Lipinski definition) is 2. The van der Waals surface area contributed by atoms with E-state index in [4.69, 9.17) is 0 Å². The molecule has 4 nitrogen and oxygen atoms in total. The van der Waals surface area contributed by atoms with E-state index in [9.17, 15) is 14.7 Å². The van der Waals surface area contributed by atoms with Crippen LogP contribution < -0.4 is 5.32 Å². The van der Waals surface area contributed by atoms with Gasteiger partial charge in [0.05, 0.1) is 0 Å². The average Bonchev–Trinajstić information content (AvgIpc) is 2.84. The number of carboxylic acids is 1. The molecule has 4 heteroatoms. The first-order chi connectivity index (χ1) is 11.3. The lowest BCUT2D eigenvalue weighted by molar-refractivity contribution is -0.140. The highest BCUT2D eigenvalue weighted by Gasteiger charge is 2.59. The Kier molecular flexibility index (Phi) is 3.59. The van der Waals surface area contributed by atoms with E-state index < -0.39 is 5.97 Å². The molecule has 0 bridgehead atoms. The molecule has 0 aromatic carbocycles. The Bertz CT molecular complexity index is 600. The first kappa shape index (κ1) is 16.2. The molecule has 3 fully saturated rings. The second-order valence-electron chi connectivity index (χ2n) is 9.13. The number of hydrogen-bond acceptors (Lipinski definition) is 2. The van der Waals surface area contributed by atoms with Crippen molar-refractivity contribution in [2.24, 2.45) is 34.5 Å². The molecule has 0 radical (unpaired) electrons. The van der Waals surface area contributed by atoms with Crippen molar-refractivity contribution in [1.29, 1.82) is 0 Å². The summed E-state index contributed by atoms with van der Waals surface area (Å²) in [5, 5.41) is 12.5. The lowest BCUT2D eigenvalue weighted by atomic mass is 9.48. The summed E-state index contributed by atoms with van der Waals surface area (Å²) in [5.74, 6) is 1.72. The number of aliphatic carboxylic acids is 1. The zero-order chi connectivity index (χ0) is 17.1. The van der Waals surface area contributed by atoms with Gasteiger partial charge in [-0.3, -0.25) is 9.59 Å². The number of carbonyl (C=O) groups is 2. The lowest BCUT2D eigenvalue weighted by Crippen LogP contribution is -2.59. The molecule has 3 saturated carbocycles. The fourth-order valence-electron chi connectivity index (χ4n) is 6.99. The van der Waals surface area contributed by atoms with Crippen molar-refractivity contribution in [3.8, 4) is 0 Å². The van der Waals surface area contributed by atoms with Crippen LogP contribution in [0.15, 0.2) is 12.2 Å². The number of fused-ring (bicyclic) bond motifs is 5. The fraction of sp³-hybridized carbons (Fsp3) is 0.800. The van der Waals surface area contributed by atoms with E-state index in [0.717, 1.165) is 19.3 Å². The molecule has 0 unspecified atom stereocenters. The Balaban J connectivity index is 1.62. The van der Waals surface area contributed by atoms with Gasteiger partial charge in [-0.25, -0.2) is 0 Å². The molecule has 7 atom stereocenters. The Hall–Kier alpha value is -1.32. The van der Waals surface area contributed by atoms with E-state index in [1.54, 1.807) is 6.08 Å². The molecule has 0 aromatic rings. The molecular formula is C20H29NO3. The SMILES string of the molecule is C[C@]12C=CC(=O)N[C@@H]1CC[C@@H]1[C@@H]2CC[C@]2(C)[C@@H](CC(=O)O)CC[C@@H]12. The van der Waals surface area contributed by atoms with Gasteiger partial charge in [0.15, 0.2) is 0 Å². The second kappa shape index (κ2) is 5.34. The number of nitrogens with one attached hydrogen (secondary N) is 1. The van der Waals surface area contributed by atoms with Crippen LogP contribution in [0.25, 0.3) is 0 Å². The van der Waals surface area contributed by atoms with Gasteiger partial charge in [-0.1, -0.05) is 19.9 Å². The van der Waals surface area contributed by atoms with Gasteiger partial charge in [0.25, 0.3) is 0 Å². The van der Waals surface area contributed by atoms with Gasteiger partial charge in [0, 0.05) is 17.9 Å². The minimum Gasteiger partial charge on any atom is -0.481 e. The van der Waals surface area contributed by atoms with Gasteiger partial charge in [-0.2, -0.15) is 0 Å². The second-order valence-corrected chi connectivity index (χ2v) is 9.13. The Morgan fingerprint density at radius 3 is 2.75 bits per heavy atom. The Morgan fingerprint density at radius 2 is 2.00 bits per heavy atom. The normalized spacial score (nSPS) is 49.8. The topological polar surface area (TPSA) is 66.4 Å². The summed E-state index contributed by atoms with van der Waals surface area (Å²) >= 11 is 0. The third-order valence-corrected chi connectivity index (χ3v) is 8.30. The molecule has 1 aliphatic heterocycles. The molecule has 3 aliphatic carbocycles.